The van der Waals surface area contributed by atoms with Gasteiger partial charge >= 0.3 is 0 Å². The van der Waals surface area contributed by atoms with Crippen LogP contribution in [0.3, 0.4) is 0 Å². The van der Waals surface area contributed by atoms with Crippen molar-refractivity contribution in [3.8, 4) is 11.8 Å². The minimum atomic E-state index is -0.230. The van der Waals surface area contributed by atoms with Gasteiger partial charge in [0.2, 0.25) is 0 Å². The van der Waals surface area contributed by atoms with Crippen molar-refractivity contribution < 1.29 is 4.39 Å². The lowest BCUT2D eigenvalue weighted by Gasteiger charge is -1.91. The molecule has 1 rings (SSSR count). The van der Waals surface area contributed by atoms with E-state index in [1.54, 1.807) is 18.2 Å². The molecule has 0 saturated carbocycles. The van der Waals surface area contributed by atoms with Gasteiger partial charge in [0.05, 0.1) is 5.56 Å². The molecular formula is C12H13F. The number of hydrogen-bond acceptors (Lipinski definition) is 0. The van der Waals surface area contributed by atoms with E-state index in [2.05, 4.69) is 18.8 Å². The Kier molecular flexibility index (Phi) is 4.05. The van der Waals surface area contributed by atoms with Crippen molar-refractivity contribution in [2.75, 3.05) is 0 Å². The van der Waals surface area contributed by atoms with E-state index >= 15 is 0 Å². The summed E-state index contributed by atoms with van der Waals surface area (Å²) in [6.07, 6.45) is 3.07. The van der Waals surface area contributed by atoms with Crippen LogP contribution in [0.25, 0.3) is 0 Å². The Morgan fingerprint density at radius 1 is 1.31 bits per heavy atom. The molecule has 0 aromatic heterocycles. The van der Waals surface area contributed by atoms with Crippen LogP contribution in [-0.4, -0.2) is 0 Å². The lowest BCUT2D eigenvalue weighted by Crippen LogP contribution is -1.80. The number of unbranched alkanes of at least 4 members (excludes halogenated alkanes) is 2. The van der Waals surface area contributed by atoms with Crippen LogP contribution in [0.5, 0.6) is 0 Å². The molecule has 1 aromatic carbocycles. The minimum Gasteiger partial charge on any atom is -0.206 e. The summed E-state index contributed by atoms with van der Waals surface area (Å²) in [6.45, 7) is 2.12. The van der Waals surface area contributed by atoms with Gasteiger partial charge in [-0.25, -0.2) is 4.39 Å². The molecule has 0 N–H and O–H groups in total. The summed E-state index contributed by atoms with van der Waals surface area (Å²) in [4.78, 5) is 0. The first-order valence-corrected chi connectivity index (χ1v) is 4.58. The maximum absolute atomic E-state index is 13.0. The average molecular weight is 176 g/mol. The predicted octanol–water partition coefficient (Wildman–Crippen LogP) is 3.37. The quantitative estimate of drug-likeness (QED) is 0.478. The maximum Gasteiger partial charge on any atom is 0.138 e. The molecule has 0 heterocycles. The first kappa shape index (κ1) is 9.80. The fourth-order valence-electron chi connectivity index (χ4n) is 0.985. The highest BCUT2D eigenvalue weighted by molar-refractivity contribution is 5.34. The van der Waals surface area contributed by atoms with E-state index in [4.69, 9.17) is 0 Å². The van der Waals surface area contributed by atoms with Crippen LogP contribution in [-0.2, 0) is 0 Å². The van der Waals surface area contributed by atoms with Crippen molar-refractivity contribution in [3.63, 3.8) is 0 Å². The Labute approximate surface area is 78.8 Å². The zero-order valence-electron chi connectivity index (χ0n) is 7.81. The zero-order valence-corrected chi connectivity index (χ0v) is 7.81. The van der Waals surface area contributed by atoms with Crippen molar-refractivity contribution in [2.24, 2.45) is 0 Å². The van der Waals surface area contributed by atoms with Gasteiger partial charge in [-0.2, -0.15) is 0 Å². The Hall–Kier alpha value is -1.29. The monoisotopic (exact) mass is 176 g/mol. The number of hydrogen-bond donors (Lipinski definition) is 0. The standard InChI is InChI=1S/C12H13F/c1-2-3-4-5-8-11-9-6-7-10-12(11)13/h6-7,9-10H,2-4H2,1H3. The molecule has 0 aliphatic heterocycles. The van der Waals surface area contributed by atoms with Gasteiger partial charge in [0.15, 0.2) is 0 Å². The normalized spacial score (nSPS) is 9.08. The Bertz CT molecular complexity index is 317. The molecule has 1 heteroatoms. The summed E-state index contributed by atoms with van der Waals surface area (Å²) in [6, 6.07) is 6.61. The molecule has 0 aliphatic carbocycles. The van der Waals surface area contributed by atoms with Gasteiger partial charge in [-0.15, -0.1) is 0 Å². The summed E-state index contributed by atoms with van der Waals surface area (Å²) < 4.78 is 13.0. The van der Waals surface area contributed by atoms with E-state index in [9.17, 15) is 4.39 Å². The first-order chi connectivity index (χ1) is 6.34. The molecule has 0 spiro atoms. The van der Waals surface area contributed by atoms with Gasteiger partial charge in [0.25, 0.3) is 0 Å². The highest BCUT2D eigenvalue weighted by Crippen LogP contribution is 2.04. The highest BCUT2D eigenvalue weighted by Gasteiger charge is 1.93. The van der Waals surface area contributed by atoms with Crippen molar-refractivity contribution in [2.45, 2.75) is 26.2 Å². The zero-order chi connectivity index (χ0) is 9.52. The molecule has 0 amide bonds. The Morgan fingerprint density at radius 2 is 2.08 bits per heavy atom. The summed E-state index contributed by atoms with van der Waals surface area (Å²) in [5.41, 5.74) is 0.499. The molecular weight excluding hydrogens is 163 g/mol. The van der Waals surface area contributed by atoms with Gasteiger partial charge in [0.1, 0.15) is 5.82 Å². The molecule has 13 heavy (non-hydrogen) atoms. The van der Waals surface area contributed by atoms with Crippen LogP contribution in [0.2, 0.25) is 0 Å². The van der Waals surface area contributed by atoms with Crippen LogP contribution in [0.1, 0.15) is 31.7 Å². The van der Waals surface area contributed by atoms with E-state index in [1.807, 2.05) is 0 Å². The van der Waals surface area contributed by atoms with E-state index < -0.39 is 0 Å². The van der Waals surface area contributed by atoms with Gasteiger partial charge < -0.3 is 0 Å². The molecule has 0 bridgehead atoms. The molecule has 1 aromatic rings. The third-order valence-electron chi connectivity index (χ3n) is 1.75. The Morgan fingerprint density at radius 3 is 2.77 bits per heavy atom. The van der Waals surface area contributed by atoms with E-state index in [0.29, 0.717) is 5.56 Å². The second-order valence-corrected chi connectivity index (χ2v) is 2.89. The average Bonchev–Trinajstić information content (AvgIpc) is 2.15. The molecule has 0 unspecified atom stereocenters. The number of rotatable bonds is 2. The summed E-state index contributed by atoms with van der Waals surface area (Å²) in [5.74, 6) is 5.55. The third-order valence-corrected chi connectivity index (χ3v) is 1.75. The molecule has 0 fully saturated rings. The van der Waals surface area contributed by atoms with E-state index in [1.165, 1.54) is 6.07 Å². The van der Waals surface area contributed by atoms with Gasteiger partial charge in [-0.1, -0.05) is 37.3 Å². The SMILES string of the molecule is CCCCC#Cc1ccccc1F. The summed E-state index contributed by atoms with van der Waals surface area (Å²) in [7, 11) is 0. The Balaban J connectivity index is 2.61. The van der Waals surface area contributed by atoms with Crippen LogP contribution < -0.4 is 0 Å². The fourth-order valence-corrected chi connectivity index (χ4v) is 0.985. The molecule has 68 valence electrons. The van der Waals surface area contributed by atoms with Crippen LogP contribution >= 0.6 is 0 Å². The largest absolute Gasteiger partial charge is 0.206 e. The van der Waals surface area contributed by atoms with Crippen LogP contribution in [0, 0.1) is 17.7 Å². The van der Waals surface area contributed by atoms with Crippen LogP contribution in [0.4, 0.5) is 4.39 Å². The number of halogens is 1. The summed E-state index contributed by atoms with van der Waals surface area (Å²) in [5, 5.41) is 0. The molecule has 0 aliphatic rings. The minimum absolute atomic E-state index is 0.230. The first-order valence-electron chi connectivity index (χ1n) is 4.58. The van der Waals surface area contributed by atoms with Gasteiger partial charge in [-0.3, -0.25) is 0 Å². The molecule has 0 nitrogen and oxygen atoms in total. The predicted molar refractivity (Wildman–Crippen MR) is 52.8 cm³/mol. The lowest BCUT2D eigenvalue weighted by atomic mass is 10.2. The van der Waals surface area contributed by atoms with E-state index in [-0.39, 0.29) is 5.82 Å². The van der Waals surface area contributed by atoms with Crippen molar-refractivity contribution in [1.82, 2.24) is 0 Å². The second-order valence-electron chi connectivity index (χ2n) is 2.89. The topological polar surface area (TPSA) is 0 Å². The van der Waals surface area contributed by atoms with Crippen LogP contribution in [0.15, 0.2) is 24.3 Å². The number of benzene rings is 1. The molecule has 0 radical (unpaired) electrons. The van der Waals surface area contributed by atoms with Crippen molar-refractivity contribution >= 4 is 0 Å². The van der Waals surface area contributed by atoms with Crippen molar-refractivity contribution in [1.29, 1.82) is 0 Å². The fraction of sp³-hybridized carbons (Fsp3) is 0.333. The van der Waals surface area contributed by atoms with Gasteiger partial charge in [0, 0.05) is 6.42 Å². The van der Waals surface area contributed by atoms with Crippen molar-refractivity contribution in [3.05, 3.63) is 35.6 Å². The smallest absolute Gasteiger partial charge is 0.138 e. The molecule has 0 atom stereocenters. The van der Waals surface area contributed by atoms with Gasteiger partial charge in [-0.05, 0) is 18.6 Å². The summed E-state index contributed by atoms with van der Waals surface area (Å²) >= 11 is 0. The second kappa shape index (κ2) is 5.37. The maximum atomic E-state index is 13.0. The van der Waals surface area contributed by atoms with E-state index in [0.717, 1.165) is 19.3 Å². The highest BCUT2D eigenvalue weighted by atomic mass is 19.1. The molecule has 0 saturated heterocycles. The lowest BCUT2D eigenvalue weighted by molar-refractivity contribution is 0.624. The third kappa shape index (κ3) is 3.29.